The van der Waals surface area contributed by atoms with Crippen LogP contribution in [0.25, 0.3) is 10.2 Å². The van der Waals surface area contributed by atoms with E-state index in [0.29, 0.717) is 12.3 Å². The third kappa shape index (κ3) is 3.10. The van der Waals surface area contributed by atoms with E-state index in [2.05, 4.69) is 35.2 Å². The van der Waals surface area contributed by atoms with E-state index in [1.807, 2.05) is 37.3 Å². The van der Waals surface area contributed by atoms with Crippen LogP contribution in [0, 0.1) is 0 Å². The SMILES string of the molecule is CCOc1ccc(NC(=O)c2cc3sccc3n2C(C)C)cc1. The molecule has 23 heavy (non-hydrogen) atoms. The molecule has 2 heterocycles. The van der Waals surface area contributed by atoms with Crippen molar-refractivity contribution >= 4 is 33.1 Å². The van der Waals surface area contributed by atoms with Crippen LogP contribution in [0.3, 0.4) is 0 Å². The van der Waals surface area contributed by atoms with Crippen molar-refractivity contribution in [3.8, 4) is 5.75 Å². The Morgan fingerprint density at radius 1 is 1.26 bits per heavy atom. The molecule has 0 saturated carbocycles. The highest BCUT2D eigenvalue weighted by atomic mass is 32.1. The summed E-state index contributed by atoms with van der Waals surface area (Å²) in [5.41, 5.74) is 2.57. The van der Waals surface area contributed by atoms with Gasteiger partial charge in [0.25, 0.3) is 5.91 Å². The van der Waals surface area contributed by atoms with Gasteiger partial charge in [0.05, 0.1) is 16.8 Å². The summed E-state index contributed by atoms with van der Waals surface area (Å²) in [6, 6.07) is 11.7. The number of hydrogen-bond donors (Lipinski definition) is 1. The first-order valence-electron chi connectivity index (χ1n) is 7.72. The number of hydrogen-bond acceptors (Lipinski definition) is 3. The van der Waals surface area contributed by atoms with Gasteiger partial charge in [0, 0.05) is 11.7 Å². The average Bonchev–Trinajstić information content (AvgIpc) is 3.09. The van der Waals surface area contributed by atoms with Gasteiger partial charge in [0.15, 0.2) is 0 Å². The number of fused-ring (bicyclic) bond motifs is 1. The molecule has 1 aromatic carbocycles. The summed E-state index contributed by atoms with van der Waals surface area (Å²) in [6.45, 7) is 6.75. The summed E-state index contributed by atoms with van der Waals surface area (Å²) >= 11 is 1.65. The van der Waals surface area contributed by atoms with Crippen molar-refractivity contribution in [2.75, 3.05) is 11.9 Å². The van der Waals surface area contributed by atoms with E-state index in [0.717, 1.165) is 21.7 Å². The molecule has 1 amide bonds. The Bertz CT molecular complexity index is 815. The molecule has 0 aliphatic carbocycles. The Balaban J connectivity index is 1.85. The lowest BCUT2D eigenvalue weighted by Gasteiger charge is -2.14. The number of benzene rings is 1. The van der Waals surface area contributed by atoms with Crippen LogP contribution in [0.15, 0.2) is 41.8 Å². The second-order valence-corrected chi connectivity index (χ2v) is 6.52. The van der Waals surface area contributed by atoms with Gasteiger partial charge < -0.3 is 14.6 Å². The number of ether oxygens (including phenoxy) is 1. The number of carbonyl (C=O) groups is 1. The second kappa shape index (κ2) is 6.46. The first kappa shape index (κ1) is 15.6. The largest absolute Gasteiger partial charge is 0.494 e. The van der Waals surface area contributed by atoms with Gasteiger partial charge in [-0.05, 0) is 62.5 Å². The number of aromatic nitrogens is 1. The molecule has 0 fully saturated rings. The van der Waals surface area contributed by atoms with Gasteiger partial charge in [-0.3, -0.25) is 4.79 Å². The number of nitrogens with zero attached hydrogens (tertiary/aromatic N) is 1. The third-order valence-electron chi connectivity index (χ3n) is 3.63. The van der Waals surface area contributed by atoms with Gasteiger partial charge in [0.1, 0.15) is 11.4 Å². The summed E-state index contributed by atoms with van der Waals surface area (Å²) in [6.07, 6.45) is 0. The highest BCUT2D eigenvalue weighted by molar-refractivity contribution is 7.17. The average molecular weight is 328 g/mol. The summed E-state index contributed by atoms with van der Waals surface area (Å²) < 4.78 is 8.63. The molecule has 0 aliphatic rings. The second-order valence-electron chi connectivity index (χ2n) is 5.57. The molecule has 0 aliphatic heterocycles. The molecule has 5 heteroatoms. The lowest BCUT2D eigenvalue weighted by Crippen LogP contribution is -2.18. The van der Waals surface area contributed by atoms with Crippen molar-refractivity contribution in [3.63, 3.8) is 0 Å². The van der Waals surface area contributed by atoms with Crippen LogP contribution in [0.4, 0.5) is 5.69 Å². The van der Waals surface area contributed by atoms with Gasteiger partial charge in [-0.2, -0.15) is 0 Å². The molecule has 1 N–H and O–H groups in total. The molecule has 120 valence electrons. The first-order chi connectivity index (χ1) is 11.1. The predicted octanol–water partition coefficient (Wildman–Crippen LogP) is 4.93. The normalized spacial score (nSPS) is 11.1. The maximum absolute atomic E-state index is 12.7. The van der Waals surface area contributed by atoms with Crippen LogP contribution in [0.5, 0.6) is 5.75 Å². The smallest absolute Gasteiger partial charge is 0.272 e. The van der Waals surface area contributed by atoms with Crippen LogP contribution in [-0.2, 0) is 0 Å². The molecule has 0 unspecified atom stereocenters. The molecule has 3 rings (SSSR count). The van der Waals surface area contributed by atoms with E-state index >= 15 is 0 Å². The van der Waals surface area contributed by atoms with Crippen molar-refractivity contribution in [3.05, 3.63) is 47.5 Å². The maximum atomic E-state index is 12.7. The lowest BCUT2D eigenvalue weighted by atomic mass is 10.3. The van der Waals surface area contributed by atoms with E-state index in [1.54, 1.807) is 11.3 Å². The van der Waals surface area contributed by atoms with Crippen molar-refractivity contribution in [1.29, 1.82) is 0 Å². The van der Waals surface area contributed by atoms with E-state index in [9.17, 15) is 4.79 Å². The van der Waals surface area contributed by atoms with E-state index in [-0.39, 0.29) is 11.9 Å². The quantitative estimate of drug-likeness (QED) is 0.721. The molecular weight excluding hydrogens is 308 g/mol. The van der Waals surface area contributed by atoms with E-state index in [4.69, 9.17) is 4.74 Å². The Labute approximate surface area is 139 Å². The van der Waals surface area contributed by atoms with Gasteiger partial charge in [0.2, 0.25) is 0 Å². The standard InChI is InChI=1S/C18H20N2O2S/c1-4-22-14-7-5-13(6-8-14)19-18(21)16-11-17-15(9-10-23-17)20(16)12(2)3/h5-12H,4H2,1-3H3,(H,19,21). The molecule has 4 nitrogen and oxygen atoms in total. The van der Waals surface area contributed by atoms with Gasteiger partial charge in [-0.1, -0.05) is 0 Å². The number of thiophene rings is 1. The minimum absolute atomic E-state index is 0.0914. The number of nitrogens with one attached hydrogen (secondary N) is 1. The fourth-order valence-corrected chi connectivity index (χ4v) is 3.48. The van der Waals surface area contributed by atoms with E-state index in [1.165, 1.54) is 0 Å². The number of amides is 1. The fourth-order valence-electron chi connectivity index (χ4n) is 2.67. The number of carbonyl (C=O) groups excluding carboxylic acids is 1. The van der Waals surface area contributed by atoms with Crippen LogP contribution in [-0.4, -0.2) is 17.1 Å². The summed E-state index contributed by atoms with van der Waals surface area (Å²) in [4.78, 5) is 12.7. The van der Waals surface area contributed by atoms with Gasteiger partial charge in [-0.25, -0.2) is 0 Å². The zero-order valence-corrected chi connectivity index (χ0v) is 14.3. The van der Waals surface area contributed by atoms with Crippen LogP contribution in [0.2, 0.25) is 0 Å². The highest BCUT2D eigenvalue weighted by Gasteiger charge is 2.18. The Kier molecular flexibility index (Phi) is 4.39. The van der Waals surface area contributed by atoms with Crippen LogP contribution >= 0.6 is 11.3 Å². The molecule has 0 saturated heterocycles. The maximum Gasteiger partial charge on any atom is 0.272 e. The number of anilines is 1. The van der Waals surface area contributed by atoms with Crippen molar-refractivity contribution in [1.82, 2.24) is 4.57 Å². The zero-order chi connectivity index (χ0) is 16.4. The van der Waals surface area contributed by atoms with Gasteiger partial charge in [-0.15, -0.1) is 11.3 Å². The highest BCUT2D eigenvalue weighted by Crippen LogP contribution is 2.29. The van der Waals surface area contributed by atoms with Crippen molar-refractivity contribution in [2.45, 2.75) is 26.8 Å². The lowest BCUT2D eigenvalue weighted by molar-refractivity contribution is 0.101. The molecule has 3 aromatic rings. The minimum Gasteiger partial charge on any atom is -0.494 e. The number of rotatable bonds is 5. The summed E-state index contributed by atoms with van der Waals surface area (Å²) in [7, 11) is 0. The predicted molar refractivity (Wildman–Crippen MR) is 95.8 cm³/mol. The zero-order valence-electron chi connectivity index (χ0n) is 13.5. The summed E-state index contributed by atoms with van der Waals surface area (Å²) in [5, 5.41) is 5.02. The van der Waals surface area contributed by atoms with Crippen LogP contribution in [0.1, 0.15) is 37.3 Å². The minimum atomic E-state index is -0.0914. The monoisotopic (exact) mass is 328 g/mol. The van der Waals surface area contributed by atoms with E-state index < -0.39 is 0 Å². The molecule has 0 spiro atoms. The molecule has 0 radical (unpaired) electrons. The summed E-state index contributed by atoms with van der Waals surface area (Å²) in [5.74, 6) is 0.711. The third-order valence-corrected chi connectivity index (χ3v) is 4.49. The Morgan fingerprint density at radius 2 is 2.00 bits per heavy atom. The molecule has 0 bridgehead atoms. The Morgan fingerprint density at radius 3 is 2.65 bits per heavy atom. The molecule has 2 aromatic heterocycles. The van der Waals surface area contributed by atoms with Crippen molar-refractivity contribution in [2.24, 2.45) is 0 Å². The van der Waals surface area contributed by atoms with Gasteiger partial charge >= 0.3 is 0 Å². The topological polar surface area (TPSA) is 43.3 Å². The fraction of sp³-hybridized carbons (Fsp3) is 0.278. The molecular formula is C18H20N2O2S. The van der Waals surface area contributed by atoms with Crippen LogP contribution < -0.4 is 10.1 Å². The molecule has 0 atom stereocenters. The Hall–Kier alpha value is -2.27. The van der Waals surface area contributed by atoms with Crippen molar-refractivity contribution < 1.29 is 9.53 Å². The first-order valence-corrected chi connectivity index (χ1v) is 8.60.